The van der Waals surface area contributed by atoms with Gasteiger partial charge in [0.05, 0.1) is 0 Å². The minimum Gasteiger partial charge on any atom is -0.382 e. The van der Waals surface area contributed by atoms with Crippen molar-refractivity contribution in [2.75, 3.05) is 32.1 Å². The molecule has 0 bridgehead atoms. The predicted octanol–water partition coefficient (Wildman–Crippen LogP) is 2.04. The van der Waals surface area contributed by atoms with Crippen molar-refractivity contribution < 1.29 is 4.74 Å². The lowest BCUT2D eigenvalue weighted by Crippen LogP contribution is -2.18. The van der Waals surface area contributed by atoms with Crippen molar-refractivity contribution in [3.63, 3.8) is 0 Å². The van der Waals surface area contributed by atoms with Gasteiger partial charge in [-0.15, -0.1) is 10.2 Å². The van der Waals surface area contributed by atoms with Crippen molar-refractivity contribution in [3.8, 4) is 0 Å². The summed E-state index contributed by atoms with van der Waals surface area (Å²) in [7, 11) is 0. The number of hydrogen-bond donors (Lipinski definition) is 1. The lowest BCUT2D eigenvalue weighted by Gasteiger charge is -2.03. The maximum absolute atomic E-state index is 5.26. The van der Waals surface area contributed by atoms with E-state index in [-0.39, 0.29) is 0 Å². The van der Waals surface area contributed by atoms with Crippen LogP contribution in [0.3, 0.4) is 0 Å². The molecular weight excluding hydrogens is 242 g/mol. The molecule has 0 spiro atoms. The van der Waals surface area contributed by atoms with E-state index in [0.29, 0.717) is 0 Å². The Morgan fingerprint density at radius 3 is 3.12 bits per heavy atom. The van der Waals surface area contributed by atoms with E-state index in [1.54, 1.807) is 28.6 Å². The molecule has 0 aliphatic heterocycles. The fourth-order valence-electron chi connectivity index (χ4n) is 1.16. The zero-order valence-corrected chi connectivity index (χ0v) is 11.3. The Kier molecular flexibility index (Phi) is 8.70. The molecule has 0 saturated carbocycles. The van der Waals surface area contributed by atoms with E-state index in [4.69, 9.17) is 4.74 Å². The molecule has 4 nitrogen and oxygen atoms in total. The first kappa shape index (κ1) is 13.9. The van der Waals surface area contributed by atoms with Crippen LogP contribution < -0.4 is 5.32 Å². The second kappa shape index (κ2) is 10.0. The highest BCUT2D eigenvalue weighted by molar-refractivity contribution is 8.01. The van der Waals surface area contributed by atoms with Crippen molar-refractivity contribution >= 4 is 23.1 Å². The molecule has 1 rings (SSSR count). The van der Waals surface area contributed by atoms with Gasteiger partial charge in [0.2, 0.25) is 0 Å². The van der Waals surface area contributed by atoms with Crippen molar-refractivity contribution in [1.82, 2.24) is 15.5 Å². The highest BCUT2D eigenvalue weighted by Gasteiger charge is 1.96. The topological polar surface area (TPSA) is 47.0 Å². The molecule has 1 heterocycles. The summed E-state index contributed by atoms with van der Waals surface area (Å²) in [6.07, 6.45) is 2.33. The number of rotatable bonds is 10. The Hall–Kier alpha value is -0.170. The van der Waals surface area contributed by atoms with Crippen LogP contribution in [-0.2, 0) is 4.74 Å². The third-order valence-corrected chi connectivity index (χ3v) is 3.80. The van der Waals surface area contributed by atoms with Crippen LogP contribution >= 0.6 is 23.1 Å². The lowest BCUT2D eigenvalue weighted by molar-refractivity contribution is 0.143. The summed E-state index contributed by atoms with van der Waals surface area (Å²) in [5.41, 5.74) is 1.77. The number of aromatic nitrogens is 2. The first-order chi connectivity index (χ1) is 7.93. The molecule has 1 N–H and O–H groups in total. The third kappa shape index (κ3) is 7.16. The molecule has 0 fully saturated rings. The number of unbranched alkanes of at least 4 members (excludes halogenated alkanes) is 1. The SMILES string of the molecule is CCOCCCCNCCSc1nncs1. The molecule has 0 aliphatic rings. The molecule has 0 aliphatic carbocycles. The summed E-state index contributed by atoms with van der Waals surface area (Å²) < 4.78 is 6.32. The van der Waals surface area contributed by atoms with Gasteiger partial charge in [-0.05, 0) is 26.3 Å². The first-order valence-corrected chi connectivity index (χ1v) is 7.47. The van der Waals surface area contributed by atoms with Crippen molar-refractivity contribution in [2.24, 2.45) is 0 Å². The second-order valence-electron chi connectivity index (χ2n) is 3.21. The first-order valence-electron chi connectivity index (χ1n) is 5.61. The van der Waals surface area contributed by atoms with Crippen LogP contribution in [0.5, 0.6) is 0 Å². The van der Waals surface area contributed by atoms with Crippen molar-refractivity contribution in [1.29, 1.82) is 0 Å². The molecular formula is C10H19N3OS2. The third-order valence-electron chi connectivity index (χ3n) is 1.94. The number of thioether (sulfide) groups is 1. The molecule has 0 atom stereocenters. The van der Waals surface area contributed by atoms with Crippen LogP contribution in [0.2, 0.25) is 0 Å². The van der Waals surface area contributed by atoms with Gasteiger partial charge < -0.3 is 10.1 Å². The van der Waals surface area contributed by atoms with Gasteiger partial charge >= 0.3 is 0 Å². The van der Waals surface area contributed by atoms with E-state index in [9.17, 15) is 0 Å². The predicted molar refractivity (Wildman–Crippen MR) is 69.2 cm³/mol. The zero-order chi connectivity index (χ0) is 11.5. The monoisotopic (exact) mass is 261 g/mol. The normalized spacial score (nSPS) is 10.8. The molecule has 0 unspecified atom stereocenters. The summed E-state index contributed by atoms with van der Waals surface area (Å²) in [6.45, 7) is 5.84. The van der Waals surface area contributed by atoms with E-state index in [2.05, 4.69) is 15.5 Å². The van der Waals surface area contributed by atoms with Gasteiger partial charge in [0, 0.05) is 25.5 Å². The van der Waals surface area contributed by atoms with E-state index in [1.165, 1.54) is 6.42 Å². The number of ether oxygens (including phenoxy) is 1. The Bertz CT molecular complexity index is 244. The number of nitrogens with zero attached hydrogens (tertiary/aromatic N) is 2. The van der Waals surface area contributed by atoms with Gasteiger partial charge in [0.25, 0.3) is 0 Å². The van der Waals surface area contributed by atoms with Gasteiger partial charge in [-0.3, -0.25) is 0 Å². The molecule has 6 heteroatoms. The molecule has 0 saturated heterocycles. The summed E-state index contributed by atoms with van der Waals surface area (Å²) in [6, 6.07) is 0. The maximum Gasteiger partial charge on any atom is 0.174 e. The van der Waals surface area contributed by atoms with Crippen LogP contribution in [0.25, 0.3) is 0 Å². The van der Waals surface area contributed by atoms with Gasteiger partial charge in [0.1, 0.15) is 5.51 Å². The summed E-state index contributed by atoms with van der Waals surface area (Å²) in [5, 5.41) is 11.2. The minimum absolute atomic E-state index is 0.825. The van der Waals surface area contributed by atoms with Crippen LogP contribution in [-0.4, -0.2) is 42.3 Å². The summed E-state index contributed by atoms with van der Waals surface area (Å²) in [5.74, 6) is 1.06. The Labute approximate surface area is 105 Å². The Balaban J connectivity index is 1.78. The highest BCUT2D eigenvalue weighted by Crippen LogP contribution is 2.17. The molecule has 0 radical (unpaired) electrons. The fourth-order valence-corrected chi connectivity index (χ4v) is 2.62. The minimum atomic E-state index is 0.825. The highest BCUT2D eigenvalue weighted by atomic mass is 32.2. The van der Waals surface area contributed by atoms with E-state index in [1.807, 2.05) is 6.92 Å². The second-order valence-corrected chi connectivity index (χ2v) is 5.38. The van der Waals surface area contributed by atoms with Crippen LogP contribution in [0.4, 0.5) is 0 Å². The van der Waals surface area contributed by atoms with Gasteiger partial charge in [-0.25, -0.2) is 0 Å². The smallest absolute Gasteiger partial charge is 0.174 e. The Morgan fingerprint density at radius 2 is 2.38 bits per heavy atom. The van der Waals surface area contributed by atoms with Crippen LogP contribution in [0.1, 0.15) is 19.8 Å². The number of nitrogens with one attached hydrogen (secondary N) is 1. The average Bonchev–Trinajstić information content (AvgIpc) is 2.80. The van der Waals surface area contributed by atoms with E-state index >= 15 is 0 Å². The van der Waals surface area contributed by atoms with Crippen LogP contribution in [0, 0.1) is 0 Å². The van der Waals surface area contributed by atoms with Crippen molar-refractivity contribution in [2.45, 2.75) is 24.1 Å². The molecule has 0 aromatic carbocycles. The quantitative estimate of drug-likeness (QED) is 0.516. The summed E-state index contributed by atoms with van der Waals surface area (Å²) >= 11 is 3.35. The van der Waals surface area contributed by atoms with E-state index in [0.717, 1.165) is 42.8 Å². The fraction of sp³-hybridized carbons (Fsp3) is 0.800. The van der Waals surface area contributed by atoms with Crippen molar-refractivity contribution in [3.05, 3.63) is 5.51 Å². The standard InChI is InChI=1S/C10H19N3OS2/c1-2-14-7-4-3-5-11-6-8-15-10-13-12-9-16-10/h9,11H,2-8H2,1H3. The molecule has 0 amide bonds. The van der Waals surface area contributed by atoms with Gasteiger partial charge in [-0.1, -0.05) is 23.1 Å². The Morgan fingerprint density at radius 1 is 1.44 bits per heavy atom. The largest absolute Gasteiger partial charge is 0.382 e. The van der Waals surface area contributed by atoms with Gasteiger partial charge in [-0.2, -0.15) is 0 Å². The molecule has 92 valence electrons. The van der Waals surface area contributed by atoms with Gasteiger partial charge in [0.15, 0.2) is 4.34 Å². The molecule has 1 aromatic heterocycles. The lowest BCUT2D eigenvalue weighted by atomic mass is 10.3. The zero-order valence-electron chi connectivity index (χ0n) is 9.65. The number of hydrogen-bond acceptors (Lipinski definition) is 6. The van der Waals surface area contributed by atoms with E-state index < -0.39 is 0 Å². The molecule has 1 aromatic rings. The van der Waals surface area contributed by atoms with Crippen LogP contribution in [0.15, 0.2) is 9.85 Å². The molecule has 16 heavy (non-hydrogen) atoms. The average molecular weight is 261 g/mol. The summed E-state index contributed by atoms with van der Waals surface area (Å²) in [4.78, 5) is 0. The maximum atomic E-state index is 5.26.